The number of aromatic nitrogens is 1. The molecule has 21 heavy (non-hydrogen) atoms. The molecule has 0 atom stereocenters. The molecule has 1 aliphatic rings. The van der Waals surface area contributed by atoms with Gasteiger partial charge < -0.3 is 15.4 Å². The maximum absolute atomic E-state index is 12.7. The van der Waals surface area contributed by atoms with E-state index < -0.39 is 0 Å². The van der Waals surface area contributed by atoms with Gasteiger partial charge in [-0.25, -0.2) is 4.98 Å². The van der Waals surface area contributed by atoms with Gasteiger partial charge in [-0.15, -0.1) is 11.3 Å². The van der Waals surface area contributed by atoms with Crippen LogP contribution < -0.4 is 5.73 Å². The average Bonchev–Trinajstić information content (AvgIpc) is 2.85. The van der Waals surface area contributed by atoms with Crippen molar-refractivity contribution >= 4 is 33.1 Å². The minimum absolute atomic E-state index is 0.0337. The number of likely N-dealkylation sites (tertiary alicyclic amines) is 1. The number of ether oxygens (including phenoxy) is 1. The van der Waals surface area contributed by atoms with Crippen LogP contribution in [0.3, 0.4) is 0 Å². The highest BCUT2D eigenvalue weighted by Gasteiger charge is 2.26. The van der Waals surface area contributed by atoms with Crippen LogP contribution in [0.2, 0.25) is 0 Å². The quantitative estimate of drug-likeness (QED) is 0.945. The Morgan fingerprint density at radius 2 is 2.29 bits per heavy atom. The van der Waals surface area contributed by atoms with Gasteiger partial charge in [0.1, 0.15) is 9.71 Å². The monoisotopic (exact) mass is 305 g/mol. The van der Waals surface area contributed by atoms with Gasteiger partial charge in [0.05, 0.1) is 5.69 Å². The highest BCUT2D eigenvalue weighted by molar-refractivity contribution is 7.21. The number of nitrogen functional groups attached to an aromatic ring is 1. The third-order valence-corrected chi connectivity index (χ3v) is 5.12. The number of anilines is 1. The number of fused-ring (bicyclic) bond motifs is 1. The fourth-order valence-electron chi connectivity index (χ4n) is 2.79. The van der Waals surface area contributed by atoms with E-state index in [0.717, 1.165) is 42.8 Å². The van der Waals surface area contributed by atoms with E-state index in [4.69, 9.17) is 10.5 Å². The molecule has 0 bridgehead atoms. The molecule has 0 aliphatic carbocycles. The molecule has 0 saturated carbocycles. The molecule has 5 nitrogen and oxygen atoms in total. The number of nitrogens with two attached hydrogens (primary N) is 1. The Kier molecular flexibility index (Phi) is 4.07. The predicted octanol–water partition coefficient (Wildman–Crippen LogP) is 2.38. The minimum atomic E-state index is 0.0337. The molecule has 1 fully saturated rings. The fraction of sp³-hybridized carbons (Fsp3) is 0.467. The SMILES string of the molecule is COCC1CCN(C(=O)c2sc3ncccc3c2N)CC1. The van der Waals surface area contributed by atoms with Gasteiger partial charge in [0.15, 0.2) is 0 Å². The van der Waals surface area contributed by atoms with Crippen molar-refractivity contribution in [2.75, 3.05) is 32.5 Å². The summed E-state index contributed by atoms with van der Waals surface area (Å²) in [6.45, 7) is 2.32. The van der Waals surface area contributed by atoms with Crippen LogP contribution in [-0.4, -0.2) is 42.6 Å². The molecule has 0 unspecified atom stereocenters. The van der Waals surface area contributed by atoms with E-state index >= 15 is 0 Å². The number of piperidine rings is 1. The highest BCUT2D eigenvalue weighted by atomic mass is 32.1. The number of rotatable bonds is 3. The van der Waals surface area contributed by atoms with Gasteiger partial charge in [-0.05, 0) is 30.9 Å². The van der Waals surface area contributed by atoms with Gasteiger partial charge >= 0.3 is 0 Å². The lowest BCUT2D eigenvalue weighted by atomic mass is 9.97. The van der Waals surface area contributed by atoms with Gasteiger partial charge in [0.2, 0.25) is 0 Å². The molecular weight excluding hydrogens is 286 g/mol. The van der Waals surface area contributed by atoms with Crippen molar-refractivity contribution in [3.63, 3.8) is 0 Å². The zero-order chi connectivity index (χ0) is 14.8. The molecule has 112 valence electrons. The normalized spacial score (nSPS) is 16.5. The lowest BCUT2D eigenvalue weighted by Gasteiger charge is -2.31. The van der Waals surface area contributed by atoms with Crippen molar-refractivity contribution in [2.24, 2.45) is 5.92 Å². The van der Waals surface area contributed by atoms with Crippen LogP contribution in [0, 0.1) is 5.92 Å². The van der Waals surface area contributed by atoms with Crippen molar-refractivity contribution < 1.29 is 9.53 Å². The number of thiophene rings is 1. The summed E-state index contributed by atoms with van der Waals surface area (Å²) >= 11 is 1.38. The third kappa shape index (κ3) is 2.73. The summed E-state index contributed by atoms with van der Waals surface area (Å²) in [4.78, 5) is 20.3. The first-order chi connectivity index (χ1) is 10.2. The summed E-state index contributed by atoms with van der Waals surface area (Å²) in [7, 11) is 1.72. The number of hydrogen-bond acceptors (Lipinski definition) is 5. The number of carbonyl (C=O) groups is 1. The fourth-order valence-corrected chi connectivity index (χ4v) is 3.82. The lowest BCUT2D eigenvalue weighted by molar-refractivity contribution is 0.0619. The van der Waals surface area contributed by atoms with Crippen LogP contribution in [0.5, 0.6) is 0 Å². The minimum Gasteiger partial charge on any atom is -0.397 e. The molecule has 2 aromatic rings. The van der Waals surface area contributed by atoms with Crippen molar-refractivity contribution in [2.45, 2.75) is 12.8 Å². The molecular formula is C15H19N3O2S. The second-order valence-electron chi connectivity index (χ2n) is 5.39. The van der Waals surface area contributed by atoms with E-state index in [2.05, 4.69) is 4.98 Å². The lowest BCUT2D eigenvalue weighted by Crippen LogP contribution is -2.39. The zero-order valence-electron chi connectivity index (χ0n) is 12.0. The second kappa shape index (κ2) is 5.99. The molecule has 1 aliphatic heterocycles. The Morgan fingerprint density at radius 1 is 1.52 bits per heavy atom. The Hall–Kier alpha value is -1.66. The molecule has 1 amide bonds. The number of pyridine rings is 1. The first kappa shape index (κ1) is 14.3. The molecule has 2 N–H and O–H groups in total. The van der Waals surface area contributed by atoms with Crippen molar-refractivity contribution in [1.29, 1.82) is 0 Å². The Bertz CT molecular complexity index is 647. The first-order valence-electron chi connectivity index (χ1n) is 7.12. The molecule has 3 heterocycles. The number of amides is 1. The smallest absolute Gasteiger partial charge is 0.266 e. The van der Waals surface area contributed by atoms with Crippen LogP contribution in [-0.2, 0) is 4.74 Å². The molecule has 6 heteroatoms. The number of hydrogen-bond donors (Lipinski definition) is 1. The van der Waals surface area contributed by atoms with Gasteiger partial charge in [-0.3, -0.25) is 4.79 Å². The molecule has 2 aromatic heterocycles. The van der Waals surface area contributed by atoms with Crippen LogP contribution in [0.25, 0.3) is 10.2 Å². The zero-order valence-corrected chi connectivity index (χ0v) is 12.9. The topological polar surface area (TPSA) is 68.5 Å². The second-order valence-corrected chi connectivity index (χ2v) is 6.39. The van der Waals surface area contributed by atoms with E-state index in [1.165, 1.54) is 11.3 Å². The Morgan fingerprint density at radius 3 is 2.95 bits per heavy atom. The summed E-state index contributed by atoms with van der Waals surface area (Å²) in [5.41, 5.74) is 6.69. The van der Waals surface area contributed by atoms with Gasteiger partial charge in [0.25, 0.3) is 5.91 Å². The molecule has 0 aromatic carbocycles. The van der Waals surface area contributed by atoms with E-state index in [9.17, 15) is 4.79 Å². The van der Waals surface area contributed by atoms with Crippen LogP contribution in [0.15, 0.2) is 18.3 Å². The summed E-state index contributed by atoms with van der Waals surface area (Å²) < 4.78 is 5.19. The summed E-state index contributed by atoms with van der Waals surface area (Å²) in [6, 6.07) is 3.76. The maximum atomic E-state index is 12.7. The van der Waals surface area contributed by atoms with Crippen molar-refractivity contribution in [3.05, 3.63) is 23.2 Å². The summed E-state index contributed by atoms with van der Waals surface area (Å²) in [6.07, 6.45) is 3.70. The van der Waals surface area contributed by atoms with Gasteiger partial charge in [-0.1, -0.05) is 0 Å². The van der Waals surface area contributed by atoms with E-state index in [1.807, 2.05) is 17.0 Å². The van der Waals surface area contributed by atoms with E-state index in [0.29, 0.717) is 16.5 Å². The average molecular weight is 305 g/mol. The van der Waals surface area contributed by atoms with Crippen molar-refractivity contribution in [1.82, 2.24) is 9.88 Å². The van der Waals surface area contributed by atoms with Crippen LogP contribution in [0.1, 0.15) is 22.5 Å². The standard InChI is InChI=1S/C15H19N3O2S/c1-20-9-10-4-7-18(8-5-10)15(19)13-12(16)11-3-2-6-17-14(11)21-13/h2-3,6,10H,4-5,7-9,16H2,1H3. The van der Waals surface area contributed by atoms with Crippen LogP contribution >= 0.6 is 11.3 Å². The first-order valence-corrected chi connectivity index (χ1v) is 7.93. The van der Waals surface area contributed by atoms with E-state index in [1.54, 1.807) is 13.3 Å². The molecule has 1 saturated heterocycles. The van der Waals surface area contributed by atoms with Gasteiger partial charge in [0, 0.05) is 38.4 Å². The van der Waals surface area contributed by atoms with E-state index in [-0.39, 0.29) is 5.91 Å². The summed E-state index contributed by atoms with van der Waals surface area (Å²) in [5, 5.41) is 0.875. The Labute approximate surface area is 127 Å². The maximum Gasteiger partial charge on any atom is 0.266 e. The highest BCUT2D eigenvalue weighted by Crippen LogP contribution is 2.33. The molecule has 0 radical (unpaired) electrons. The molecule has 0 spiro atoms. The molecule has 3 rings (SSSR count). The number of nitrogens with zero attached hydrogens (tertiary/aromatic N) is 2. The largest absolute Gasteiger partial charge is 0.397 e. The van der Waals surface area contributed by atoms with Crippen LogP contribution in [0.4, 0.5) is 5.69 Å². The number of carbonyl (C=O) groups excluding carboxylic acids is 1. The van der Waals surface area contributed by atoms with Crippen molar-refractivity contribution in [3.8, 4) is 0 Å². The predicted molar refractivity (Wildman–Crippen MR) is 84.5 cm³/mol. The Balaban J connectivity index is 1.77. The third-order valence-electron chi connectivity index (χ3n) is 4.00. The number of methoxy groups -OCH3 is 1. The summed E-state index contributed by atoms with van der Waals surface area (Å²) in [5.74, 6) is 0.590. The van der Waals surface area contributed by atoms with Gasteiger partial charge in [-0.2, -0.15) is 0 Å².